The SMILES string of the molecule is CC(=O)c1cccc(NCC(=O)Nc2ccc(S(=O)(=O)N3CCOCC3)cc2)c1. The zero-order valence-corrected chi connectivity index (χ0v) is 16.9. The Balaban J connectivity index is 1.57. The van der Waals surface area contributed by atoms with E-state index in [0.29, 0.717) is 43.2 Å². The summed E-state index contributed by atoms with van der Waals surface area (Å²) in [5, 5.41) is 5.67. The molecule has 0 saturated carbocycles. The minimum atomic E-state index is -3.56. The molecule has 2 aromatic carbocycles. The van der Waals surface area contributed by atoms with E-state index in [2.05, 4.69) is 10.6 Å². The molecule has 0 radical (unpaired) electrons. The number of Topliss-reactive ketones (excluding diaryl/α,β-unsaturated/α-hetero) is 1. The molecule has 154 valence electrons. The van der Waals surface area contributed by atoms with Gasteiger partial charge in [0.1, 0.15) is 0 Å². The number of rotatable bonds is 7. The predicted molar refractivity (Wildman–Crippen MR) is 110 cm³/mol. The summed E-state index contributed by atoms with van der Waals surface area (Å²) in [5.74, 6) is -0.341. The lowest BCUT2D eigenvalue weighted by Gasteiger charge is -2.26. The average molecular weight is 417 g/mol. The third kappa shape index (κ3) is 5.41. The molecule has 2 N–H and O–H groups in total. The molecular weight excluding hydrogens is 394 g/mol. The van der Waals surface area contributed by atoms with Crippen molar-refractivity contribution >= 4 is 33.1 Å². The van der Waals surface area contributed by atoms with Crippen LogP contribution in [0, 0.1) is 0 Å². The first-order valence-electron chi connectivity index (χ1n) is 9.19. The van der Waals surface area contributed by atoms with Crippen molar-refractivity contribution in [2.75, 3.05) is 43.5 Å². The van der Waals surface area contributed by atoms with Crippen molar-refractivity contribution in [2.45, 2.75) is 11.8 Å². The Morgan fingerprint density at radius 2 is 1.72 bits per heavy atom. The standard InChI is InChI=1S/C20H23N3O5S/c1-15(24)16-3-2-4-18(13-16)21-14-20(25)22-17-5-7-19(8-6-17)29(26,27)23-9-11-28-12-10-23/h2-8,13,21H,9-12,14H2,1H3,(H,22,25). The number of sulfonamides is 1. The minimum Gasteiger partial charge on any atom is -0.379 e. The summed E-state index contributed by atoms with van der Waals surface area (Å²) in [6, 6.07) is 13.0. The van der Waals surface area contributed by atoms with Gasteiger partial charge in [0.2, 0.25) is 15.9 Å². The fourth-order valence-electron chi connectivity index (χ4n) is 2.88. The summed E-state index contributed by atoms with van der Waals surface area (Å²) in [5.41, 5.74) is 1.72. The summed E-state index contributed by atoms with van der Waals surface area (Å²) in [6.07, 6.45) is 0. The molecule has 0 bridgehead atoms. The number of carbonyl (C=O) groups is 2. The van der Waals surface area contributed by atoms with Gasteiger partial charge in [-0.2, -0.15) is 4.31 Å². The van der Waals surface area contributed by atoms with Gasteiger partial charge in [0.25, 0.3) is 0 Å². The van der Waals surface area contributed by atoms with Crippen LogP contribution in [0.3, 0.4) is 0 Å². The quantitative estimate of drug-likeness (QED) is 0.668. The lowest BCUT2D eigenvalue weighted by molar-refractivity contribution is -0.114. The second kappa shape index (κ2) is 9.17. The summed E-state index contributed by atoms with van der Waals surface area (Å²) in [4.78, 5) is 23.7. The van der Waals surface area contributed by atoms with Crippen LogP contribution in [0.2, 0.25) is 0 Å². The fraction of sp³-hybridized carbons (Fsp3) is 0.300. The second-order valence-electron chi connectivity index (χ2n) is 6.58. The number of carbonyl (C=O) groups excluding carboxylic acids is 2. The number of amides is 1. The molecule has 8 nitrogen and oxygen atoms in total. The molecule has 0 atom stereocenters. The topological polar surface area (TPSA) is 105 Å². The van der Waals surface area contributed by atoms with Crippen molar-refractivity contribution in [3.8, 4) is 0 Å². The molecule has 0 unspecified atom stereocenters. The van der Waals surface area contributed by atoms with Crippen molar-refractivity contribution in [3.05, 3.63) is 54.1 Å². The number of hydrogen-bond acceptors (Lipinski definition) is 6. The van der Waals surface area contributed by atoms with Crippen LogP contribution in [0.1, 0.15) is 17.3 Å². The maximum Gasteiger partial charge on any atom is 0.243 e. The van der Waals surface area contributed by atoms with Gasteiger partial charge >= 0.3 is 0 Å². The summed E-state index contributed by atoms with van der Waals surface area (Å²) >= 11 is 0. The Morgan fingerprint density at radius 3 is 2.38 bits per heavy atom. The molecule has 1 amide bonds. The maximum absolute atomic E-state index is 12.6. The van der Waals surface area contributed by atoms with Gasteiger partial charge in [0.15, 0.2) is 5.78 Å². The number of ketones is 1. The van der Waals surface area contributed by atoms with E-state index < -0.39 is 10.0 Å². The first-order chi connectivity index (χ1) is 13.9. The molecule has 1 aliphatic heterocycles. The first kappa shape index (κ1) is 21.0. The molecule has 1 fully saturated rings. The Labute approximate surface area is 169 Å². The molecule has 1 saturated heterocycles. The predicted octanol–water partition coefficient (Wildman–Crippen LogP) is 1.96. The average Bonchev–Trinajstić information content (AvgIpc) is 2.73. The van der Waals surface area contributed by atoms with Crippen molar-refractivity contribution in [1.29, 1.82) is 0 Å². The van der Waals surface area contributed by atoms with Crippen molar-refractivity contribution in [3.63, 3.8) is 0 Å². The normalized spacial score (nSPS) is 14.9. The van der Waals surface area contributed by atoms with Gasteiger partial charge in [0, 0.05) is 30.0 Å². The summed E-state index contributed by atoms with van der Waals surface area (Å²) in [7, 11) is -3.56. The summed E-state index contributed by atoms with van der Waals surface area (Å²) < 4.78 is 31.8. The van der Waals surface area contributed by atoms with Crippen LogP contribution in [0.15, 0.2) is 53.4 Å². The van der Waals surface area contributed by atoms with E-state index in [-0.39, 0.29) is 23.1 Å². The highest BCUT2D eigenvalue weighted by molar-refractivity contribution is 7.89. The largest absolute Gasteiger partial charge is 0.379 e. The van der Waals surface area contributed by atoms with Gasteiger partial charge in [0.05, 0.1) is 24.7 Å². The maximum atomic E-state index is 12.6. The third-order valence-electron chi connectivity index (χ3n) is 4.47. The minimum absolute atomic E-state index is 0.00911. The Bertz CT molecular complexity index is 983. The molecule has 1 aliphatic rings. The molecule has 1 heterocycles. The zero-order chi connectivity index (χ0) is 20.9. The number of ether oxygens (including phenoxy) is 1. The van der Waals surface area contributed by atoms with E-state index >= 15 is 0 Å². The smallest absolute Gasteiger partial charge is 0.243 e. The number of nitrogens with zero attached hydrogens (tertiary/aromatic N) is 1. The molecule has 3 rings (SSSR count). The van der Waals surface area contributed by atoms with Gasteiger partial charge in [-0.25, -0.2) is 8.42 Å². The lowest BCUT2D eigenvalue weighted by Crippen LogP contribution is -2.40. The highest BCUT2D eigenvalue weighted by Gasteiger charge is 2.26. The van der Waals surface area contributed by atoms with E-state index in [0.717, 1.165) is 0 Å². The first-order valence-corrected chi connectivity index (χ1v) is 10.6. The van der Waals surface area contributed by atoms with E-state index in [1.54, 1.807) is 36.4 Å². The van der Waals surface area contributed by atoms with Crippen molar-refractivity contribution in [2.24, 2.45) is 0 Å². The van der Waals surface area contributed by atoms with E-state index in [4.69, 9.17) is 4.74 Å². The van der Waals surface area contributed by atoms with E-state index in [1.165, 1.54) is 23.4 Å². The highest BCUT2D eigenvalue weighted by atomic mass is 32.2. The molecule has 29 heavy (non-hydrogen) atoms. The molecule has 2 aromatic rings. The van der Waals surface area contributed by atoms with Crippen molar-refractivity contribution < 1.29 is 22.7 Å². The Morgan fingerprint density at radius 1 is 1.03 bits per heavy atom. The number of anilines is 2. The third-order valence-corrected chi connectivity index (χ3v) is 6.38. The van der Waals surface area contributed by atoms with Crippen LogP contribution >= 0.6 is 0 Å². The molecule has 0 aliphatic carbocycles. The van der Waals surface area contributed by atoms with Crippen LogP contribution in [-0.4, -0.2) is 57.3 Å². The number of nitrogens with one attached hydrogen (secondary N) is 2. The van der Waals surface area contributed by atoms with Crippen LogP contribution in [-0.2, 0) is 19.6 Å². The Kier molecular flexibility index (Phi) is 6.63. The number of morpholine rings is 1. The van der Waals surface area contributed by atoms with Crippen LogP contribution in [0.5, 0.6) is 0 Å². The number of hydrogen-bond donors (Lipinski definition) is 2. The van der Waals surface area contributed by atoms with E-state index in [1.807, 2.05) is 0 Å². The van der Waals surface area contributed by atoms with Crippen LogP contribution < -0.4 is 10.6 Å². The highest BCUT2D eigenvalue weighted by Crippen LogP contribution is 2.19. The van der Waals surface area contributed by atoms with Crippen molar-refractivity contribution in [1.82, 2.24) is 4.31 Å². The van der Waals surface area contributed by atoms with Gasteiger partial charge in [-0.1, -0.05) is 12.1 Å². The molecule has 0 spiro atoms. The summed E-state index contributed by atoms with van der Waals surface area (Å²) in [6.45, 7) is 2.92. The fourth-order valence-corrected chi connectivity index (χ4v) is 4.29. The van der Waals surface area contributed by atoms with E-state index in [9.17, 15) is 18.0 Å². The second-order valence-corrected chi connectivity index (χ2v) is 8.52. The Hall–Kier alpha value is -2.75. The molecule has 0 aromatic heterocycles. The number of benzene rings is 2. The monoisotopic (exact) mass is 417 g/mol. The van der Waals surface area contributed by atoms with Crippen LogP contribution in [0.4, 0.5) is 11.4 Å². The molecular formula is C20H23N3O5S. The zero-order valence-electron chi connectivity index (χ0n) is 16.1. The van der Waals surface area contributed by atoms with Gasteiger partial charge < -0.3 is 15.4 Å². The van der Waals surface area contributed by atoms with Crippen LogP contribution in [0.25, 0.3) is 0 Å². The molecule has 9 heteroatoms. The van der Waals surface area contributed by atoms with Gasteiger partial charge in [-0.15, -0.1) is 0 Å². The lowest BCUT2D eigenvalue weighted by atomic mass is 10.1. The van der Waals surface area contributed by atoms with Gasteiger partial charge in [-0.05, 0) is 43.3 Å². The van der Waals surface area contributed by atoms with Gasteiger partial charge in [-0.3, -0.25) is 9.59 Å².